The second-order valence-corrected chi connectivity index (χ2v) is 7.06. The van der Waals surface area contributed by atoms with Crippen LogP contribution < -0.4 is 4.74 Å². The zero-order chi connectivity index (χ0) is 20.9. The number of benzene rings is 2. The Morgan fingerprint density at radius 1 is 1.03 bits per heavy atom. The van der Waals surface area contributed by atoms with E-state index in [4.69, 9.17) is 4.74 Å². The smallest absolute Gasteiger partial charge is 0.230 e. The molecular formula is C24H22N4O2. The number of aryl methyl sites for hydroxylation is 1. The minimum Gasteiger partial charge on any atom is -0.438 e. The van der Waals surface area contributed by atoms with Crippen molar-refractivity contribution in [1.29, 1.82) is 0 Å². The van der Waals surface area contributed by atoms with Gasteiger partial charge >= 0.3 is 0 Å². The van der Waals surface area contributed by atoms with Crippen molar-refractivity contribution in [1.82, 2.24) is 14.9 Å². The standard InChI is InChI=1S/C24H22N4O2/c1-17-9-12-22(23(27-29)28(2)16-18-6-5-13-25-15-18)24(26-17)30-21-11-10-19-7-3-4-8-20(19)14-21/h3-15,29H,16H2,1-2H3/b27-23-. The summed E-state index contributed by atoms with van der Waals surface area (Å²) in [5, 5.41) is 15.5. The molecule has 0 atom stereocenters. The highest BCUT2D eigenvalue weighted by Crippen LogP contribution is 2.28. The van der Waals surface area contributed by atoms with Crippen LogP contribution in [0, 0.1) is 6.92 Å². The molecule has 0 fully saturated rings. The normalized spacial score (nSPS) is 11.5. The first-order valence-electron chi connectivity index (χ1n) is 9.61. The zero-order valence-electron chi connectivity index (χ0n) is 16.9. The van der Waals surface area contributed by atoms with Crippen LogP contribution in [0.15, 0.2) is 84.3 Å². The lowest BCUT2D eigenvalue weighted by molar-refractivity contribution is 0.305. The fourth-order valence-corrected chi connectivity index (χ4v) is 3.30. The minimum atomic E-state index is 0.363. The van der Waals surface area contributed by atoms with E-state index in [2.05, 4.69) is 21.2 Å². The number of pyridine rings is 2. The van der Waals surface area contributed by atoms with E-state index >= 15 is 0 Å². The predicted molar refractivity (Wildman–Crippen MR) is 117 cm³/mol. The van der Waals surface area contributed by atoms with Crippen LogP contribution >= 0.6 is 0 Å². The molecule has 150 valence electrons. The first-order chi connectivity index (χ1) is 14.6. The summed E-state index contributed by atoms with van der Waals surface area (Å²) < 4.78 is 6.14. The SMILES string of the molecule is Cc1ccc(/C(=N/O)N(C)Cc2cccnc2)c(Oc2ccc3ccccc3c2)n1. The lowest BCUT2D eigenvalue weighted by Crippen LogP contribution is -2.28. The number of rotatable bonds is 5. The van der Waals surface area contributed by atoms with Crippen LogP contribution in [0.1, 0.15) is 16.8 Å². The molecule has 0 saturated carbocycles. The molecule has 6 nitrogen and oxygen atoms in total. The quantitative estimate of drug-likeness (QED) is 0.222. The van der Waals surface area contributed by atoms with E-state index in [0.29, 0.717) is 29.6 Å². The molecule has 0 spiro atoms. The van der Waals surface area contributed by atoms with Crippen molar-refractivity contribution in [3.63, 3.8) is 0 Å². The molecule has 2 aromatic carbocycles. The van der Waals surface area contributed by atoms with Crippen molar-refractivity contribution in [3.05, 3.63) is 95.9 Å². The second kappa shape index (κ2) is 8.61. The van der Waals surface area contributed by atoms with E-state index in [9.17, 15) is 5.21 Å². The Balaban J connectivity index is 1.66. The van der Waals surface area contributed by atoms with E-state index in [0.717, 1.165) is 22.0 Å². The molecule has 30 heavy (non-hydrogen) atoms. The highest BCUT2D eigenvalue weighted by Gasteiger charge is 2.18. The Morgan fingerprint density at radius 2 is 1.87 bits per heavy atom. The Labute approximate surface area is 175 Å². The Kier molecular flexibility index (Phi) is 5.57. The lowest BCUT2D eigenvalue weighted by atomic mass is 10.1. The molecule has 0 aliphatic heterocycles. The molecule has 0 radical (unpaired) electrons. The van der Waals surface area contributed by atoms with Crippen molar-refractivity contribution in [2.75, 3.05) is 7.05 Å². The third-order valence-electron chi connectivity index (χ3n) is 4.77. The second-order valence-electron chi connectivity index (χ2n) is 7.06. The van der Waals surface area contributed by atoms with Crippen molar-refractivity contribution >= 4 is 16.6 Å². The number of ether oxygens (including phenoxy) is 1. The summed E-state index contributed by atoms with van der Waals surface area (Å²) in [7, 11) is 1.85. The molecular weight excluding hydrogens is 376 g/mol. The highest BCUT2D eigenvalue weighted by atomic mass is 16.5. The molecule has 2 aromatic heterocycles. The van der Waals surface area contributed by atoms with Gasteiger partial charge in [0.25, 0.3) is 0 Å². The van der Waals surface area contributed by atoms with Gasteiger partial charge in [0.15, 0.2) is 5.84 Å². The summed E-state index contributed by atoms with van der Waals surface area (Å²) in [5.74, 6) is 1.42. The zero-order valence-corrected chi connectivity index (χ0v) is 16.9. The summed E-state index contributed by atoms with van der Waals surface area (Å²) in [6, 6.07) is 21.5. The van der Waals surface area contributed by atoms with Crippen LogP contribution in [-0.2, 0) is 6.54 Å². The van der Waals surface area contributed by atoms with Gasteiger partial charge in [0.2, 0.25) is 5.88 Å². The van der Waals surface area contributed by atoms with Crippen LogP contribution in [0.3, 0.4) is 0 Å². The van der Waals surface area contributed by atoms with Gasteiger partial charge in [-0.15, -0.1) is 0 Å². The number of hydrogen-bond acceptors (Lipinski definition) is 5. The Bertz CT molecular complexity index is 1190. The van der Waals surface area contributed by atoms with Crippen LogP contribution in [0.25, 0.3) is 10.8 Å². The van der Waals surface area contributed by atoms with Gasteiger partial charge in [-0.25, -0.2) is 4.98 Å². The van der Waals surface area contributed by atoms with Gasteiger partial charge in [0.05, 0.1) is 5.56 Å². The maximum atomic E-state index is 9.78. The average molecular weight is 398 g/mol. The molecule has 2 heterocycles. The number of amidine groups is 1. The molecule has 0 amide bonds. The highest BCUT2D eigenvalue weighted by molar-refractivity contribution is 6.00. The number of aromatic nitrogens is 2. The third kappa shape index (κ3) is 4.22. The van der Waals surface area contributed by atoms with Crippen molar-refractivity contribution in [2.24, 2.45) is 5.16 Å². The molecule has 4 aromatic rings. The van der Waals surface area contributed by atoms with Gasteiger partial charge in [-0.1, -0.05) is 41.6 Å². The molecule has 0 aliphatic rings. The van der Waals surface area contributed by atoms with E-state index in [1.807, 2.05) is 79.5 Å². The van der Waals surface area contributed by atoms with Crippen LogP contribution in [0.5, 0.6) is 11.6 Å². The number of nitrogens with zero attached hydrogens (tertiary/aromatic N) is 4. The van der Waals surface area contributed by atoms with Crippen molar-refractivity contribution in [3.8, 4) is 11.6 Å². The number of fused-ring (bicyclic) bond motifs is 1. The van der Waals surface area contributed by atoms with E-state index in [1.165, 1.54) is 0 Å². The van der Waals surface area contributed by atoms with Crippen LogP contribution in [0.4, 0.5) is 0 Å². The summed E-state index contributed by atoms with van der Waals surface area (Å²) in [4.78, 5) is 10.5. The largest absolute Gasteiger partial charge is 0.438 e. The monoisotopic (exact) mass is 398 g/mol. The summed E-state index contributed by atoms with van der Waals surface area (Å²) in [5.41, 5.74) is 2.41. The summed E-state index contributed by atoms with van der Waals surface area (Å²) in [6.45, 7) is 2.42. The van der Waals surface area contributed by atoms with Gasteiger partial charge in [-0.2, -0.15) is 0 Å². The number of hydrogen-bond donors (Lipinski definition) is 1. The average Bonchev–Trinajstić information content (AvgIpc) is 2.76. The van der Waals surface area contributed by atoms with Gasteiger partial charge in [-0.3, -0.25) is 4.98 Å². The van der Waals surface area contributed by atoms with Crippen LogP contribution in [-0.4, -0.2) is 33.0 Å². The van der Waals surface area contributed by atoms with E-state index in [-0.39, 0.29) is 0 Å². The van der Waals surface area contributed by atoms with Crippen molar-refractivity contribution in [2.45, 2.75) is 13.5 Å². The molecule has 0 bridgehead atoms. The summed E-state index contributed by atoms with van der Waals surface area (Å²) in [6.07, 6.45) is 3.51. The fraction of sp³-hybridized carbons (Fsp3) is 0.125. The third-order valence-corrected chi connectivity index (χ3v) is 4.77. The summed E-state index contributed by atoms with van der Waals surface area (Å²) >= 11 is 0. The van der Waals surface area contributed by atoms with Gasteiger partial charge < -0.3 is 14.8 Å². The Morgan fingerprint density at radius 3 is 2.63 bits per heavy atom. The molecule has 1 N–H and O–H groups in total. The topological polar surface area (TPSA) is 70.8 Å². The molecule has 0 saturated heterocycles. The van der Waals surface area contributed by atoms with E-state index < -0.39 is 0 Å². The lowest BCUT2D eigenvalue weighted by Gasteiger charge is -2.21. The Hall–Kier alpha value is -3.93. The molecule has 4 rings (SSSR count). The maximum Gasteiger partial charge on any atom is 0.230 e. The van der Waals surface area contributed by atoms with Crippen molar-refractivity contribution < 1.29 is 9.94 Å². The molecule has 0 aliphatic carbocycles. The van der Waals surface area contributed by atoms with Gasteiger partial charge in [0, 0.05) is 31.7 Å². The fourth-order valence-electron chi connectivity index (χ4n) is 3.30. The maximum absolute atomic E-state index is 9.78. The molecule has 0 unspecified atom stereocenters. The first kappa shape index (κ1) is 19.4. The van der Waals surface area contributed by atoms with E-state index in [1.54, 1.807) is 12.4 Å². The minimum absolute atomic E-state index is 0.363. The van der Waals surface area contributed by atoms with Gasteiger partial charge in [-0.05, 0) is 53.6 Å². The number of oxime groups is 1. The predicted octanol–water partition coefficient (Wildman–Crippen LogP) is 5.00. The van der Waals surface area contributed by atoms with Crippen LogP contribution in [0.2, 0.25) is 0 Å². The van der Waals surface area contributed by atoms with Gasteiger partial charge in [0.1, 0.15) is 5.75 Å². The first-order valence-corrected chi connectivity index (χ1v) is 9.61. The molecule has 6 heteroatoms.